The molecule has 1 N–H and O–H groups in total. The van der Waals surface area contributed by atoms with Gasteiger partial charge < -0.3 is 14.6 Å². The Balaban J connectivity index is 2.45. The second-order valence-corrected chi connectivity index (χ2v) is 4.96. The minimum absolute atomic E-state index is 0.0501. The van der Waals surface area contributed by atoms with Gasteiger partial charge in [-0.05, 0) is 27.7 Å². The lowest BCUT2D eigenvalue weighted by molar-refractivity contribution is 0.116. The summed E-state index contributed by atoms with van der Waals surface area (Å²) in [7, 11) is 1.67. The van der Waals surface area contributed by atoms with Crippen molar-refractivity contribution in [2.45, 2.75) is 52.3 Å². The summed E-state index contributed by atoms with van der Waals surface area (Å²) < 4.78 is 10.3. The molecule has 1 aromatic rings. The topological polar surface area (TPSA) is 60.2 Å². The molecule has 1 unspecified atom stereocenters. The van der Waals surface area contributed by atoms with Crippen LogP contribution in [0, 0.1) is 0 Å². The standard InChI is InChI=1S/C11H21N3O2/c1-8(15-5)6-9-13-10(16-14-9)7-12-11(2,3)4/h8,12H,6-7H2,1-5H3. The van der Waals surface area contributed by atoms with Gasteiger partial charge in [-0.2, -0.15) is 4.98 Å². The van der Waals surface area contributed by atoms with Crippen molar-refractivity contribution in [2.75, 3.05) is 7.11 Å². The van der Waals surface area contributed by atoms with Crippen LogP contribution in [0.1, 0.15) is 39.4 Å². The Morgan fingerprint density at radius 2 is 2.12 bits per heavy atom. The van der Waals surface area contributed by atoms with Crippen LogP contribution in [0.25, 0.3) is 0 Å². The number of hydrogen-bond acceptors (Lipinski definition) is 5. The first-order chi connectivity index (χ1) is 7.40. The number of nitrogens with one attached hydrogen (secondary N) is 1. The Kier molecular flexibility index (Phi) is 4.44. The van der Waals surface area contributed by atoms with Gasteiger partial charge in [-0.15, -0.1) is 0 Å². The third-order valence-corrected chi connectivity index (χ3v) is 2.15. The summed E-state index contributed by atoms with van der Waals surface area (Å²) in [4.78, 5) is 4.28. The van der Waals surface area contributed by atoms with Gasteiger partial charge in [0.15, 0.2) is 5.82 Å². The van der Waals surface area contributed by atoms with Crippen LogP contribution in [0.15, 0.2) is 4.52 Å². The Morgan fingerprint density at radius 1 is 1.44 bits per heavy atom. The molecule has 1 heterocycles. The van der Waals surface area contributed by atoms with Gasteiger partial charge in [0.05, 0.1) is 12.6 Å². The van der Waals surface area contributed by atoms with E-state index in [0.717, 1.165) is 0 Å². The van der Waals surface area contributed by atoms with Crippen molar-refractivity contribution >= 4 is 0 Å². The molecule has 1 rings (SSSR count). The lowest BCUT2D eigenvalue weighted by Gasteiger charge is -2.18. The number of hydrogen-bond donors (Lipinski definition) is 1. The maximum Gasteiger partial charge on any atom is 0.240 e. The maximum atomic E-state index is 5.14. The molecule has 0 amide bonds. The highest BCUT2D eigenvalue weighted by molar-refractivity contribution is 4.89. The highest BCUT2D eigenvalue weighted by Gasteiger charge is 2.13. The highest BCUT2D eigenvalue weighted by Crippen LogP contribution is 2.05. The molecule has 0 fully saturated rings. The molecule has 0 saturated carbocycles. The molecular formula is C11H21N3O2. The van der Waals surface area contributed by atoms with E-state index in [0.29, 0.717) is 24.7 Å². The summed E-state index contributed by atoms with van der Waals surface area (Å²) in [6.45, 7) is 8.85. The van der Waals surface area contributed by atoms with Crippen LogP contribution < -0.4 is 5.32 Å². The average Bonchev–Trinajstić information content (AvgIpc) is 2.61. The van der Waals surface area contributed by atoms with E-state index in [1.54, 1.807) is 7.11 Å². The van der Waals surface area contributed by atoms with Gasteiger partial charge in [0.1, 0.15) is 0 Å². The molecule has 0 saturated heterocycles. The Labute approximate surface area is 96.6 Å². The first-order valence-corrected chi connectivity index (χ1v) is 5.50. The molecule has 0 aromatic carbocycles. The van der Waals surface area contributed by atoms with Crippen molar-refractivity contribution in [3.05, 3.63) is 11.7 Å². The van der Waals surface area contributed by atoms with E-state index in [1.165, 1.54) is 0 Å². The van der Waals surface area contributed by atoms with Crippen LogP contribution >= 0.6 is 0 Å². The molecule has 5 heteroatoms. The van der Waals surface area contributed by atoms with E-state index in [4.69, 9.17) is 9.26 Å². The summed E-state index contributed by atoms with van der Waals surface area (Å²) in [6, 6.07) is 0. The Bertz CT molecular complexity index is 317. The lowest BCUT2D eigenvalue weighted by Crippen LogP contribution is -2.35. The van der Waals surface area contributed by atoms with Gasteiger partial charge in [-0.1, -0.05) is 5.16 Å². The quantitative estimate of drug-likeness (QED) is 0.826. The number of nitrogens with zero attached hydrogens (tertiary/aromatic N) is 2. The SMILES string of the molecule is COC(C)Cc1noc(CNC(C)(C)C)n1. The van der Waals surface area contributed by atoms with Crippen LogP contribution in [-0.4, -0.2) is 28.9 Å². The van der Waals surface area contributed by atoms with Crippen molar-refractivity contribution in [2.24, 2.45) is 0 Å². The molecule has 0 spiro atoms. The van der Waals surface area contributed by atoms with Crippen molar-refractivity contribution < 1.29 is 9.26 Å². The summed E-state index contributed by atoms with van der Waals surface area (Å²) >= 11 is 0. The van der Waals surface area contributed by atoms with E-state index in [-0.39, 0.29) is 11.6 Å². The summed E-state index contributed by atoms with van der Waals surface area (Å²) in [5.41, 5.74) is 0.0501. The van der Waals surface area contributed by atoms with Crippen LogP contribution in [0.3, 0.4) is 0 Å². The predicted octanol–water partition coefficient (Wildman–Crippen LogP) is 1.54. The summed E-state index contributed by atoms with van der Waals surface area (Å²) in [5, 5.41) is 7.19. The van der Waals surface area contributed by atoms with Gasteiger partial charge in [0, 0.05) is 19.1 Å². The molecule has 92 valence electrons. The molecule has 0 radical (unpaired) electrons. The summed E-state index contributed by atoms with van der Waals surface area (Å²) in [5.74, 6) is 1.31. The zero-order chi connectivity index (χ0) is 12.2. The molecule has 5 nitrogen and oxygen atoms in total. The monoisotopic (exact) mass is 227 g/mol. The van der Waals surface area contributed by atoms with E-state index in [1.807, 2.05) is 6.92 Å². The first kappa shape index (κ1) is 13.1. The molecule has 1 aromatic heterocycles. The molecule has 0 bridgehead atoms. The predicted molar refractivity (Wildman–Crippen MR) is 61.1 cm³/mol. The maximum absolute atomic E-state index is 5.14. The fraction of sp³-hybridized carbons (Fsp3) is 0.818. The summed E-state index contributed by atoms with van der Waals surface area (Å²) in [6.07, 6.45) is 0.788. The second-order valence-electron chi connectivity index (χ2n) is 4.96. The Hall–Kier alpha value is -0.940. The van der Waals surface area contributed by atoms with Gasteiger partial charge in [0.25, 0.3) is 0 Å². The largest absolute Gasteiger partial charge is 0.381 e. The first-order valence-electron chi connectivity index (χ1n) is 5.50. The second kappa shape index (κ2) is 5.41. The van der Waals surface area contributed by atoms with E-state index in [2.05, 4.69) is 36.2 Å². The van der Waals surface area contributed by atoms with Crippen LogP contribution in [-0.2, 0) is 17.7 Å². The molecule has 0 aliphatic heterocycles. The lowest BCUT2D eigenvalue weighted by atomic mass is 10.1. The average molecular weight is 227 g/mol. The third kappa shape index (κ3) is 4.72. The van der Waals surface area contributed by atoms with Crippen molar-refractivity contribution in [1.82, 2.24) is 15.5 Å². The molecule has 16 heavy (non-hydrogen) atoms. The number of rotatable bonds is 5. The van der Waals surface area contributed by atoms with E-state index >= 15 is 0 Å². The minimum atomic E-state index is 0.0501. The van der Waals surface area contributed by atoms with Crippen molar-refractivity contribution in [1.29, 1.82) is 0 Å². The molecule has 1 atom stereocenters. The smallest absolute Gasteiger partial charge is 0.240 e. The number of methoxy groups -OCH3 is 1. The van der Waals surface area contributed by atoms with E-state index < -0.39 is 0 Å². The number of ether oxygens (including phenoxy) is 1. The van der Waals surface area contributed by atoms with Crippen LogP contribution in [0.5, 0.6) is 0 Å². The van der Waals surface area contributed by atoms with Gasteiger partial charge in [0.2, 0.25) is 5.89 Å². The Morgan fingerprint density at radius 3 is 2.69 bits per heavy atom. The van der Waals surface area contributed by atoms with Crippen LogP contribution in [0.4, 0.5) is 0 Å². The molecular weight excluding hydrogens is 206 g/mol. The van der Waals surface area contributed by atoms with Crippen molar-refractivity contribution in [3.63, 3.8) is 0 Å². The number of aromatic nitrogens is 2. The molecule has 0 aliphatic rings. The zero-order valence-electron chi connectivity index (χ0n) is 10.7. The zero-order valence-corrected chi connectivity index (χ0v) is 10.7. The van der Waals surface area contributed by atoms with Crippen LogP contribution in [0.2, 0.25) is 0 Å². The van der Waals surface area contributed by atoms with Gasteiger partial charge >= 0.3 is 0 Å². The highest BCUT2D eigenvalue weighted by atomic mass is 16.5. The fourth-order valence-corrected chi connectivity index (χ4v) is 1.13. The normalized spacial score (nSPS) is 14.1. The minimum Gasteiger partial charge on any atom is -0.381 e. The molecule has 0 aliphatic carbocycles. The fourth-order valence-electron chi connectivity index (χ4n) is 1.13. The van der Waals surface area contributed by atoms with E-state index in [9.17, 15) is 0 Å². The van der Waals surface area contributed by atoms with Crippen molar-refractivity contribution in [3.8, 4) is 0 Å². The van der Waals surface area contributed by atoms with Gasteiger partial charge in [-0.3, -0.25) is 0 Å². The van der Waals surface area contributed by atoms with Gasteiger partial charge in [-0.25, -0.2) is 0 Å². The third-order valence-electron chi connectivity index (χ3n) is 2.15.